The van der Waals surface area contributed by atoms with Gasteiger partial charge < -0.3 is 9.64 Å². The standard InChI is InChI=1S/C23H25N3O.2ClH/c1-3-12-25-13-15-26(16-14-25)23-21-7-5-4-6-19(21)17-22(24-23)18-8-10-20(27-2)11-9-18;;/h3-11,17H,1,12-16H2,2H3;2*1H. The van der Waals surface area contributed by atoms with Gasteiger partial charge in [0.25, 0.3) is 0 Å². The monoisotopic (exact) mass is 431 g/mol. The number of piperazine rings is 1. The Labute approximate surface area is 185 Å². The zero-order valence-electron chi connectivity index (χ0n) is 16.6. The number of ether oxygens (including phenoxy) is 1. The van der Waals surface area contributed by atoms with Gasteiger partial charge in [-0.15, -0.1) is 31.4 Å². The molecule has 2 aromatic carbocycles. The summed E-state index contributed by atoms with van der Waals surface area (Å²) in [5, 5.41) is 2.44. The van der Waals surface area contributed by atoms with Crippen molar-refractivity contribution in [1.82, 2.24) is 9.88 Å². The van der Waals surface area contributed by atoms with Crippen molar-refractivity contribution in [2.45, 2.75) is 0 Å². The highest BCUT2D eigenvalue weighted by atomic mass is 35.5. The van der Waals surface area contributed by atoms with Gasteiger partial charge in [0.2, 0.25) is 0 Å². The molecule has 0 radical (unpaired) electrons. The molecule has 0 unspecified atom stereocenters. The number of nitrogens with zero attached hydrogens (tertiary/aromatic N) is 3. The molecule has 1 fully saturated rings. The predicted octanol–water partition coefficient (Wildman–Crippen LogP) is 5.06. The van der Waals surface area contributed by atoms with Gasteiger partial charge in [-0.25, -0.2) is 4.98 Å². The highest BCUT2D eigenvalue weighted by Crippen LogP contribution is 2.31. The first-order chi connectivity index (χ1) is 13.3. The highest BCUT2D eigenvalue weighted by Gasteiger charge is 2.20. The molecule has 3 aromatic rings. The fraction of sp³-hybridized carbons (Fsp3) is 0.261. The van der Waals surface area contributed by atoms with Crippen LogP contribution in [0.25, 0.3) is 22.0 Å². The van der Waals surface area contributed by atoms with E-state index in [0.717, 1.165) is 55.5 Å². The van der Waals surface area contributed by atoms with Crippen LogP contribution in [0.3, 0.4) is 0 Å². The molecule has 0 N–H and O–H groups in total. The lowest BCUT2D eigenvalue weighted by Gasteiger charge is -2.35. The van der Waals surface area contributed by atoms with Crippen molar-refractivity contribution in [2.75, 3.05) is 44.7 Å². The van der Waals surface area contributed by atoms with Crippen LogP contribution in [0.15, 0.2) is 67.3 Å². The minimum absolute atomic E-state index is 0. The van der Waals surface area contributed by atoms with Crippen molar-refractivity contribution in [2.24, 2.45) is 0 Å². The molecule has 1 aliphatic heterocycles. The van der Waals surface area contributed by atoms with Crippen LogP contribution in [-0.4, -0.2) is 49.7 Å². The van der Waals surface area contributed by atoms with Gasteiger partial charge in [0.1, 0.15) is 11.6 Å². The molecule has 1 aliphatic rings. The Morgan fingerprint density at radius 3 is 2.34 bits per heavy atom. The second kappa shape index (κ2) is 10.5. The number of rotatable bonds is 5. The number of pyridine rings is 1. The van der Waals surface area contributed by atoms with Crippen LogP contribution in [0.2, 0.25) is 0 Å². The lowest BCUT2D eigenvalue weighted by Crippen LogP contribution is -2.46. The summed E-state index contributed by atoms with van der Waals surface area (Å²) >= 11 is 0. The quantitative estimate of drug-likeness (QED) is 0.527. The van der Waals surface area contributed by atoms with Gasteiger partial charge in [0, 0.05) is 43.7 Å². The molecule has 0 saturated carbocycles. The summed E-state index contributed by atoms with van der Waals surface area (Å²) in [4.78, 5) is 9.91. The highest BCUT2D eigenvalue weighted by molar-refractivity contribution is 5.95. The van der Waals surface area contributed by atoms with E-state index in [2.05, 4.69) is 58.8 Å². The van der Waals surface area contributed by atoms with Gasteiger partial charge in [0.15, 0.2) is 0 Å². The summed E-state index contributed by atoms with van der Waals surface area (Å²) in [5.74, 6) is 1.94. The minimum Gasteiger partial charge on any atom is -0.497 e. The third-order valence-electron chi connectivity index (χ3n) is 5.17. The van der Waals surface area contributed by atoms with E-state index in [9.17, 15) is 0 Å². The number of methoxy groups -OCH3 is 1. The van der Waals surface area contributed by atoms with Gasteiger partial charge in [0.05, 0.1) is 12.8 Å². The maximum Gasteiger partial charge on any atom is 0.137 e. The summed E-state index contributed by atoms with van der Waals surface area (Å²) in [6, 6.07) is 18.8. The van der Waals surface area contributed by atoms with Crippen molar-refractivity contribution < 1.29 is 4.74 Å². The molecule has 0 aliphatic carbocycles. The molecular formula is C23H27Cl2N3O. The average molecular weight is 432 g/mol. The molecule has 1 aromatic heterocycles. The summed E-state index contributed by atoms with van der Waals surface area (Å²) in [5.41, 5.74) is 2.10. The van der Waals surface area contributed by atoms with E-state index in [1.165, 1.54) is 10.8 Å². The zero-order chi connectivity index (χ0) is 18.6. The Kier molecular flexibility index (Phi) is 8.32. The van der Waals surface area contributed by atoms with Crippen molar-refractivity contribution >= 4 is 41.4 Å². The molecule has 0 spiro atoms. The fourth-order valence-corrected chi connectivity index (χ4v) is 3.66. The first-order valence-electron chi connectivity index (χ1n) is 9.41. The Bertz CT molecular complexity index is 939. The van der Waals surface area contributed by atoms with Crippen LogP contribution in [0.5, 0.6) is 5.75 Å². The van der Waals surface area contributed by atoms with Crippen LogP contribution >= 0.6 is 24.8 Å². The van der Waals surface area contributed by atoms with E-state index in [0.29, 0.717) is 0 Å². The van der Waals surface area contributed by atoms with Crippen LogP contribution in [0.4, 0.5) is 5.82 Å². The topological polar surface area (TPSA) is 28.6 Å². The molecule has 4 nitrogen and oxygen atoms in total. The lowest BCUT2D eigenvalue weighted by molar-refractivity contribution is 0.284. The third kappa shape index (κ3) is 5.02. The molecular weight excluding hydrogens is 405 g/mol. The summed E-state index contributed by atoms with van der Waals surface area (Å²) in [7, 11) is 1.69. The normalized spacial score (nSPS) is 14.0. The molecule has 0 atom stereocenters. The maximum atomic E-state index is 5.28. The molecule has 4 rings (SSSR count). The third-order valence-corrected chi connectivity index (χ3v) is 5.17. The number of hydrogen-bond acceptors (Lipinski definition) is 4. The summed E-state index contributed by atoms with van der Waals surface area (Å²) < 4.78 is 5.28. The van der Waals surface area contributed by atoms with Crippen molar-refractivity contribution in [1.29, 1.82) is 0 Å². The molecule has 29 heavy (non-hydrogen) atoms. The van der Waals surface area contributed by atoms with Crippen LogP contribution in [0, 0.1) is 0 Å². The first kappa shape index (κ1) is 23.0. The molecule has 2 heterocycles. The second-order valence-electron chi connectivity index (χ2n) is 6.86. The van der Waals surface area contributed by atoms with E-state index in [1.54, 1.807) is 7.11 Å². The Morgan fingerprint density at radius 2 is 1.69 bits per heavy atom. The van der Waals surface area contributed by atoms with Crippen LogP contribution < -0.4 is 9.64 Å². The molecule has 154 valence electrons. The SMILES string of the molecule is C=CCN1CCN(c2nc(-c3ccc(OC)cc3)cc3ccccc23)CC1.Cl.Cl. The van der Waals surface area contributed by atoms with Gasteiger partial charge in [-0.05, 0) is 35.7 Å². The number of hydrogen-bond donors (Lipinski definition) is 0. The van der Waals surface area contributed by atoms with Crippen LogP contribution in [-0.2, 0) is 0 Å². The van der Waals surface area contributed by atoms with Gasteiger partial charge in [-0.3, -0.25) is 4.90 Å². The summed E-state index contributed by atoms with van der Waals surface area (Å²) in [6.45, 7) is 8.85. The van der Waals surface area contributed by atoms with Crippen molar-refractivity contribution in [3.8, 4) is 17.0 Å². The molecule has 6 heteroatoms. The van der Waals surface area contributed by atoms with E-state index in [1.807, 2.05) is 18.2 Å². The van der Waals surface area contributed by atoms with Gasteiger partial charge in [-0.1, -0.05) is 30.3 Å². The number of aromatic nitrogens is 1. The zero-order valence-corrected chi connectivity index (χ0v) is 18.2. The Hall–Kier alpha value is -2.27. The summed E-state index contributed by atoms with van der Waals surface area (Å²) in [6.07, 6.45) is 1.98. The molecule has 0 amide bonds. The predicted molar refractivity (Wildman–Crippen MR) is 127 cm³/mol. The smallest absolute Gasteiger partial charge is 0.137 e. The van der Waals surface area contributed by atoms with E-state index >= 15 is 0 Å². The fourth-order valence-electron chi connectivity index (χ4n) is 3.66. The van der Waals surface area contributed by atoms with Gasteiger partial charge >= 0.3 is 0 Å². The number of fused-ring (bicyclic) bond motifs is 1. The molecule has 0 bridgehead atoms. The first-order valence-corrected chi connectivity index (χ1v) is 9.41. The Morgan fingerprint density at radius 1 is 1.00 bits per heavy atom. The van der Waals surface area contributed by atoms with E-state index < -0.39 is 0 Å². The van der Waals surface area contributed by atoms with E-state index in [4.69, 9.17) is 9.72 Å². The minimum atomic E-state index is 0. The number of benzene rings is 2. The molecule has 1 saturated heterocycles. The van der Waals surface area contributed by atoms with Crippen molar-refractivity contribution in [3.05, 3.63) is 67.3 Å². The van der Waals surface area contributed by atoms with Gasteiger partial charge in [-0.2, -0.15) is 0 Å². The largest absolute Gasteiger partial charge is 0.497 e. The van der Waals surface area contributed by atoms with E-state index in [-0.39, 0.29) is 24.8 Å². The number of halogens is 2. The van der Waals surface area contributed by atoms with Crippen molar-refractivity contribution in [3.63, 3.8) is 0 Å². The lowest BCUT2D eigenvalue weighted by atomic mass is 10.1. The number of anilines is 1. The maximum absolute atomic E-state index is 5.28. The Balaban J connectivity index is 0.00000150. The second-order valence-corrected chi connectivity index (χ2v) is 6.86. The average Bonchev–Trinajstić information content (AvgIpc) is 2.74. The van der Waals surface area contributed by atoms with Crippen LogP contribution in [0.1, 0.15) is 0 Å².